The average molecular weight is 335 g/mol. The molecular weight excluding hydrogens is 314 g/mol. The Kier molecular flexibility index (Phi) is 4.64. The van der Waals surface area contributed by atoms with Crippen molar-refractivity contribution in [3.05, 3.63) is 59.9 Å². The molecule has 0 saturated carbocycles. The van der Waals surface area contributed by atoms with E-state index in [1.807, 2.05) is 24.4 Å². The lowest BCUT2D eigenvalue weighted by molar-refractivity contribution is 0.0897. The van der Waals surface area contributed by atoms with Gasteiger partial charge in [0.2, 0.25) is 0 Å². The number of aromatic nitrogens is 1. The van der Waals surface area contributed by atoms with E-state index in [9.17, 15) is 0 Å². The van der Waals surface area contributed by atoms with Gasteiger partial charge in [-0.2, -0.15) is 5.26 Å². The fraction of sp³-hybridized carbons (Fsp3) is 0.400. The van der Waals surface area contributed by atoms with Crippen LogP contribution >= 0.6 is 0 Å². The van der Waals surface area contributed by atoms with Crippen LogP contribution in [0.15, 0.2) is 48.8 Å². The maximum atomic E-state index is 8.98. The zero-order valence-corrected chi connectivity index (χ0v) is 14.0. The monoisotopic (exact) mass is 335 g/mol. The number of fused-ring (bicyclic) bond motifs is 1. The number of ether oxygens (including phenoxy) is 2. The standard InChI is InChI=1S/C20H21N3O2/c21-8-15-3-1-5-18(7-15)24-13-17-14-25-20-12-23(11-19(17)20)10-16-4-2-6-22-9-16/h1-7,9,17,19-20H,10-14H2/t17-,19+,20+/m0/s1. The second-order valence-electron chi connectivity index (χ2n) is 6.80. The van der Waals surface area contributed by atoms with E-state index in [1.54, 1.807) is 18.3 Å². The molecule has 0 amide bonds. The first kappa shape index (κ1) is 16.1. The predicted octanol–water partition coefficient (Wildman–Crippen LogP) is 2.48. The molecule has 5 heteroatoms. The van der Waals surface area contributed by atoms with Crippen molar-refractivity contribution < 1.29 is 9.47 Å². The second kappa shape index (κ2) is 7.22. The lowest BCUT2D eigenvalue weighted by atomic mass is 9.94. The van der Waals surface area contributed by atoms with Crippen LogP contribution in [0.25, 0.3) is 0 Å². The molecule has 0 unspecified atom stereocenters. The minimum Gasteiger partial charge on any atom is -0.493 e. The summed E-state index contributed by atoms with van der Waals surface area (Å²) < 4.78 is 11.9. The van der Waals surface area contributed by atoms with Gasteiger partial charge in [0, 0.05) is 43.9 Å². The van der Waals surface area contributed by atoms with Crippen LogP contribution in [-0.2, 0) is 11.3 Å². The highest BCUT2D eigenvalue weighted by molar-refractivity contribution is 5.36. The molecule has 1 aromatic heterocycles. The van der Waals surface area contributed by atoms with Gasteiger partial charge in [-0.25, -0.2) is 0 Å². The van der Waals surface area contributed by atoms with Crippen molar-refractivity contribution >= 4 is 0 Å². The molecule has 0 radical (unpaired) electrons. The van der Waals surface area contributed by atoms with Crippen LogP contribution in [0.2, 0.25) is 0 Å². The van der Waals surface area contributed by atoms with Crippen molar-refractivity contribution in [1.29, 1.82) is 5.26 Å². The highest BCUT2D eigenvalue weighted by atomic mass is 16.5. The molecule has 2 aromatic rings. The predicted molar refractivity (Wildman–Crippen MR) is 92.9 cm³/mol. The molecule has 0 bridgehead atoms. The Morgan fingerprint density at radius 1 is 1.28 bits per heavy atom. The first-order valence-corrected chi connectivity index (χ1v) is 8.67. The number of hydrogen-bond acceptors (Lipinski definition) is 5. The summed E-state index contributed by atoms with van der Waals surface area (Å²) in [6.07, 6.45) is 4.04. The highest BCUT2D eigenvalue weighted by Crippen LogP contribution is 2.34. The van der Waals surface area contributed by atoms with Crippen molar-refractivity contribution in [1.82, 2.24) is 9.88 Å². The molecule has 0 aliphatic carbocycles. The first-order chi connectivity index (χ1) is 12.3. The second-order valence-corrected chi connectivity index (χ2v) is 6.80. The third kappa shape index (κ3) is 3.65. The summed E-state index contributed by atoms with van der Waals surface area (Å²) in [4.78, 5) is 6.63. The summed E-state index contributed by atoms with van der Waals surface area (Å²) >= 11 is 0. The summed E-state index contributed by atoms with van der Waals surface area (Å²) in [5, 5.41) is 8.98. The van der Waals surface area contributed by atoms with E-state index < -0.39 is 0 Å². The minimum atomic E-state index is 0.302. The van der Waals surface area contributed by atoms with Gasteiger partial charge in [-0.05, 0) is 29.8 Å². The molecule has 4 rings (SSSR count). The third-order valence-corrected chi connectivity index (χ3v) is 5.07. The molecule has 2 aliphatic heterocycles. The molecule has 0 N–H and O–H groups in total. The van der Waals surface area contributed by atoms with E-state index in [2.05, 4.69) is 22.0 Å². The Labute approximate surface area is 147 Å². The number of rotatable bonds is 5. The Hall–Kier alpha value is -2.42. The quantitative estimate of drug-likeness (QED) is 0.840. The average Bonchev–Trinajstić information content (AvgIpc) is 3.21. The smallest absolute Gasteiger partial charge is 0.120 e. The molecule has 3 heterocycles. The topological polar surface area (TPSA) is 58.4 Å². The first-order valence-electron chi connectivity index (χ1n) is 8.67. The summed E-state index contributed by atoms with van der Waals surface area (Å²) in [6.45, 7) is 4.32. The van der Waals surface area contributed by atoms with E-state index in [0.717, 1.165) is 32.0 Å². The number of nitrogens with zero attached hydrogens (tertiary/aromatic N) is 3. The van der Waals surface area contributed by atoms with Crippen molar-refractivity contribution in [3.8, 4) is 11.8 Å². The van der Waals surface area contributed by atoms with Gasteiger partial charge in [0.25, 0.3) is 0 Å². The van der Waals surface area contributed by atoms with E-state index >= 15 is 0 Å². The van der Waals surface area contributed by atoms with E-state index in [-0.39, 0.29) is 0 Å². The SMILES string of the molecule is N#Cc1cccc(OC[C@H]2CO[C@@H]3CN(Cc4cccnc4)C[C@H]23)c1. The van der Waals surface area contributed by atoms with Gasteiger partial charge in [0.05, 0.1) is 31.0 Å². The van der Waals surface area contributed by atoms with Crippen LogP contribution in [0.3, 0.4) is 0 Å². The van der Waals surface area contributed by atoms with Crippen LogP contribution in [0.4, 0.5) is 0 Å². The molecule has 25 heavy (non-hydrogen) atoms. The highest BCUT2D eigenvalue weighted by Gasteiger charge is 2.43. The van der Waals surface area contributed by atoms with E-state index in [0.29, 0.717) is 30.1 Å². The lowest BCUT2D eigenvalue weighted by Gasteiger charge is -2.20. The minimum absolute atomic E-state index is 0.302. The maximum Gasteiger partial charge on any atom is 0.120 e. The Bertz CT molecular complexity index is 759. The summed E-state index contributed by atoms with van der Waals surface area (Å²) in [7, 11) is 0. The number of likely N-dealkylation sites (tertiary alicyclic amines) is 1. The third-order valence-electron chi connectivity index (χ3n) is 5.07. The van der Waals surface area contributed by atoms with Crippen LogP contribution in [0.5, 0.6) is 5.75 Å². The van der Waals surface area contributed by atoms with Gasteiger partial charge in [-0.1, -0.05) is 12.1 Å². The summed E-state index contributed by atoms with van der Waals surface area (Å²) in [5.74, 6) is 1.66. The largest absolute Gasteiger partial charge is 0.493 e. The van der Waals surface area contributed by atoms with Gasteiger partial charge in [0.15, 0.2) is 0 Å². The van der Waals surface area contributed by atoms with Crippen molar-refractivity contribution in [3.63, 3.8) is 0 Å². The fourth-order valence-electron chi connectivity index (χ4n) is 3.79. The Morgan fingerprint density at radius 2 is 2.24 bits per heavy atom. The molecule has 3 atom stereocenters. The molecule has 2 saturated heterocycles. The molecule has 5 nitrogen and oxygen atoms in total. The molecule has 2 fully saturated rings. The Balaban J connectivity index is 1.33. The van der Waals surface area contributed by atoms with E-state index in [1.165, 1.54) is 5.56 Å². The van der Waals surface area contributed by atoms with Gasteiger partial charge in [-0.15, -0.1) is 0 Å². The van der Waals surface area contributed by atoms with Gasteiger partial charge < -0.3 is 9.47 Å². The van der Waals surface area contributed by atoms with Gasteiger partial charge in [-0.3, -0.25) is 9.88 Å². The number of benzene rings is 1. The molecule has 1 aromatic carbocycles. The van der Waals surface area contributed by atoms with Crippen LogP contribution < -0.4 is 4.74 Å². The fourth-order valence-corrected chi connectivity index (χ4v) is 3.79. The number of hydrogen-bond donors (Lipinski definition) is 0. The van der Waals surface area contributed by atoms with Crippen molar-refractivity contribution in [2.75, 3.05) is 26.3 Å². The number of pyridine rings is 1. The van der Waals surface area contributed by atoms with Crippen LogP contribution in [0, 0.1) is 23.2 Å². The summed E-state index contributed by atoms with van der Waals surface area (Å²) in [6, 6.07) is 13.6. The molecule has 2 aliphatic rings. The van der Waals surface area contributed by atoms with Gasteiger partial charge in [0.1, 0.15) is 5.75 Å². The maximum absolute atomic E-state index is 8.98. The van der Waals surface area contributed by atoms with Crippen LogP contribution in [-0.4, -0.2) is 42.3 Å². The van der Waals surface area contributed by atoms with Gasteiger partial charge >= 0.3 is 0 Å². The molecular formula is C20H21N3O2. The molecule has 0 spiro atoms. The van der Waals surface area contributed by atoms with Crippen molar-refractivity contribution in [2.24, 2.45) is 11.8 Å². The number of nitriles is 1. The summed E-state index contributed by atoms with van der Waals surface area (Å²) in [5.41, 5.74) is 1.87. The lowest BCUT2D eigenvalue weighted by Crippen LogP contribution is -2.26. The zero-order chi connectivity index (χ0) is 17.1. The van der Waals surface area contributed by atoms with Crippen molar-refractivity contribution in [2.45, 2.75) is 12.6 Å². The normalized spacial score (nSPS) is 25.5. The van der Waals surface area contributed by atoms with Crippen LogP contribution in [0.1, 0.15) is 11.1 Å². The molecule has 128 valence electrons. The Morgan fingerprint density at radius 3 is 3.08 bits per heavy atom. The zero-order valence-electron chi connectivity index (χ0n) is 14.0. The van der Waals surface area contributed by atoms with E-state index in [4.69, 9.17) is 14.7 Å².